The minimum Gasteiger partial charge on any atom is -0.460 e. The molecule has 8 heteroatoms. The van der Waals surface area contributed by atoms with Gasteiger partial charge in [-0.25, -0.2) is 4.39 Å². The van der Waals surface area contributed by atoms with E-state index in [1.54, 1.807) is 0 Å². The predicted octanol–water partition coefficient (Wildman–Crippen LogP) is 4.54. The molecule has 0 unspecified atom stereocenters. The molecular weight excluding hydrogens is 401 g/mol. The van der Waals surface area contributed by atoms with Gasteiger partial charge in [0.2, 0.25) is 0 Å². The van der Waals surface area contributed by atoms with E-state index < -0.39 is 16.3 Å². The normalized spacial score (nSPS) is 17.9. The van der Waals surface area contributed by atoms with Crippen LogP contribution in [0, 0.1) is 21.3 Å². The van der Waals surface area contributed by atoms with Gasteiger partial charge in [-0.1, -0.05) is 19.3 Å². The topological polar surface area (TPSA) is 75.9 Å². The lowest BCUT2D eigenvalue weighted by atomic mass is 9.72. The van der Waals surface area contributed by atoms with Gasteiger partial charge in [-0.3, -0.25) is 14.9 Å². The van der Waals surface area contributed by atoms with Crippen molar-refractivity contribution in [3.63, 3.8) is 0 Å². The SMILES string of the molecule is CC(C)(C)OC(=O)CCCCCCCN1CC2(C1)CN(c1ccc([N+](=O)[O-])cc1F)C2. The van der Waals surface area contributed by atoms with E-state index >= 15 is 0 Å². The van der Waals surface area contributed by atoms with Crippen LogP contribution in [0.4, 0.5) is 15.8 Å². The van der Waals surface area contributed by atoms with Gasteiger partial charge in [0, 0.05) is 44.1 Å². The summed E-state index contributed by atoms with van der Waals surface area (Å²) in [7, 11) is 0. The number of carbonyl (C=O) groups is 1. The first-order valence-electron chi connectivity index (χ1n) is 11.2. The lowest BCUT2D eigenvalue weighted by molar-refractivity contribution is -0.385. The van der Waals surface area contributed by atoms with Crippen molar-refractivity contribution < 1.29 is 18.8 Å². The first-order chi connectivity index (χ1) is 14.6. The molecule has 1 spiro atoms. The maximum Gasteiger partial charge on any atom is 0.306 e. The fraction of sp³-hybridized carbons (Fsp3) is 0.696. The molecule has 1 aromatic rings. The van der Waals surface area contributed by atoms with Crippen molar-refractivity contribution >= 4 is 17.3 Å². The number of likely N-dealkylation sites (tertiary alicyclic amines) is 1. The summed E-state index contributed by atoms with van der Waals surface area (Å²) in [5, 5.41) is 10.7. The van der Waals surface area contributed by atoms with Crippen LogP contribution in [0.1, 0.15) is 59.3 Å². The molecule has 2 heterocycles. The fourth-order valence-corrected chi connectivity index (χ4v) is 4.59. The van der Waals surface area contributed by atoms with Crippen LogP contribution < -0.4 is 4.90 Å². The monoisotopic (exact) mass is 435 g/mol. The Kier molecular flexibility index (Phi) is 7.19. The number of nitro benzene ring substituents is 1. The summed E-state index contributed by atoms with van der Waals surface area (Å²) in [6, 6.07) is 3.88. The molecule has 2 saturated heterocycles. The van der Waals surface area contributed by atoms with E-state index in [0.717, 1.165) is 70.9 Å². The second kappa shape index (κ2) is 9.51. The fourth-order valence-electron chi connectivity index (χ4n) is 4.59. The Morgan fingerprint density at radius 3 is 2.39 bits per heavy atom. The number of carbonyl (C=O) groups excluding carboxylic acids is 1. The molecule has 0 aliphatic carbocycles. The molecule has 0 atom stereocenters. The highest BCUT2D eigenvalue weighted by molar-refractivity contribution is 5.69. The third kappa shape index (κ3) is 6.38. The molecule has 3 rings (SSSR count). The average molecular weight is 436 g/mol. The lowest BCUT2D eigenvalue weighted by Crippen LogP contribution is -2.72. The first kappa shape index (κ1) is 23.4. The highest BCUT2D eigenvalue weighted by atomic mass is 19.1. The van der Waals surface area contributed by atoms with E-state index in [9.17, 15) is 19.3 Å². The van der Waals surface area contributed by atoms with Crippen molar-refractivity contribution in [2.45, 2.75) is 64.9 Å². The molecule has 31 heavy (non-hydrogen) atoms. The Morgan fingerprint density at radius 2 is 1.77 bits per heavy atom. The van der Waals surface area contributed by atoms with Gasteiger partial charge < -0.3 is 14.5 Å². The van der Waals surface area contributed by atoms with Gasteiger partial charge in [-0.2, -0.15) is 0 Å². The van der Waals surface area contributed by atoms with Gasteiger partial charge in [0.15, 0.2) is 5.82 Å². The van der Waals surface area contributed by atoms with Crippen LogP contribution in [0.5, 0.6) is 0 Å². The summed E-state index contributed by atoms with van der Waals surface area (Å²) in [6.45, 7) is 10.4. The highest BCUT2D eigenvalue weighted by Gasteiger charge is 2.51. The number of benzene rings is 1. The maximum atomic E-state index is 14.2. The number of hydrogen-bond donors (Lipinski definition) is 0. The van der Waals surface area contributed by atoms with Crippen LogP contribution in [0.3, 0.4) is 0 Å². The minimum absolute atomic E-state index is 0.110. The minimum atomic E-state index is -0.574. The van der Waals surface area contributed by atoms with Gasteiger partial charge in [0.05, 0.1) is 16.7 Å². The molecule has 172 valence electrons. The first-order valence-corrected chi connectivity index (χ1v) is 11.2. The van der Waals surface area contributed by atoms with Gasteiger partial charge in [-0.15, -0.1) is 0 Å². The quantitative estimate of drug-likeness (QED) is 0.232. The smallest absolute Gasteiger partial charge is 0.306 e. The Balaban J connectivity index is 1.24. The van der Waals surface area contributed by atoms with E-state index in [2.05, 4.69) is 4.90 Å². The van der Waals surface area contributed by atoms with Crippen molar-refractivity contribution in [1.29, 1.82) is 0 Å². The van der Waals surface area contributed by atoms with Crippen LogP contribution in [0.15, 0.2) is 18.2 Å². The zero-order chi connectivity index (χ0) is 22.6. The molecule has 2 aliphatic rings. The van der Waals surface area contributed by atoms with Crippen LogP contribution in [0.25, 0.3) is 0 Å². The number of nitro groups is 1. The molecule has 0 aromatic heterocycles. The number of non-ortho nitro benzene ring substituents is 1. The molecule has 0 radical (unpaired) electrons. The standard InChI is InChI=1S/C23H34FN3O4/c1-22(2,3)31-21(28)9-7-5-4-6-8-12-25-14-23(15-25)16-26(17-23)20-11-10-18(27(29)30)13-19(20)24/h10-11,13H,4-9,12,14-17H2,1-3H3. The van der Waals surface area contributed by atoms with E-state index in [0.29, 0.717) is 12.1 Å². The summed E-state index contributed by atoms with van der Waals surface area (Å²) in [6.07, 6.45) is 5.89. The molecule has 0 saturated carbocycles. The molecule has 0 bridgehead atoms. The number of halogens is 1. The van der Waals surface area contributed by atoms with Crippen molar-refractivity contribution in [1.82, 2.24) is 4.90 Å². The maximum absolute atomic E-state index is 14.2. The van der Waals surface area contributed by atoms with Gasteiger partial charge >= 0.3 is 5.97 Å². The Labute approximate surface area is 183 Å². The van der Waals surface area contributed by atoms with Crippen LogP contribution >= 0.6 is 0 Å². The molecule has 2 fully saturated rings. The van der Waals surface area contributed by atoms with Gasteiger partial charge in [-0.05, 0) is 46.2 Å². The summed E-state index contributed by atoms with van der Waals surface area (Å²) in [5.74, 6) is -0.631. The highest BCUT2D eigenvalue weighted by Crippen LogP contribution is 2.42. The lowest BCUT2D eigenvalue weighted by Gasteiger charge is -2.61. The van der Waals surface area contributed by atoms with Gasteiger partial charge in [0.25, 0.3) is 5.69 Å². The number of esters is 1. The number of anilines is 1. The van der Waals surface area contributed by atoms with E-state index in [4.69, 9.17) is 4.74 Å². The zero-order valence-corrected chi connectivity index (χ0v) is 18.9. The van der Waals surface area contributed by atoms with Crippen molar-refractivity contribution in [3.8, 4) is 0 Å². The molecule has 0 amide bonds. The molecule has 7 nitrogen and oxygen atoms in total. The van der Waals surface area contributed by atoms with E-state index in [1.807, 2.05) is 25.7 Å². The summed E-state index contributed by atoms with van der Waals surface area (Å²) in [5.41, 5.74) is 0.0954. The van der Waals surface area contributed by atoms with Crippen molar-refractivity contribution in [2.24, 2.45) is 5.41 Å². The third-order valence-electron chi connectivity index (χ3n) is 5.93. The molecule has 1 aromatic carbocycles. The van der Waals surface area contributed by atoms with Crippen molar-refractivity contribution in [3.05, 3.63) is 34.1 Å². The largest absolute Gasteiger partial charge is 0.460 e. The third-order valence-corrected chi connectivity index (χ3v) is 5.93. The van der Waals surface area contributed by atoms with Crippen LogP contribution in [0.2, 0.25) is 0 Å². The van der Waals surface area contributed by atoms with E-state index in [-0.39, 0.29) is 17.1 Å². The number of nitrogens with zero attached hydrogens (tertiary/aromatic N) is 3. The second-order valence-corrected chi connectivity index (χ2v) is 10.1. The van der Waals surface area contributed by atoms with Crippen LogP contribution in [-0.2, 0) is 9.53 Å². The Morgan fingerprint density at radius 1 is 1.13 bits per heavy atom. The molecule has 0 N–H and O–H groups in total. The van der Waals surface area contributed by atoms with E-state index in [1.165, 1.54) is 12.1 Å². The molecular formula is C23H34FN3O4. The zero-order valence-electron chi connectivity index (χ0n) is 18.9. The number of hydrogen-bond acceptors (Lipinski definition) is 6. The number of ether oxygens (including phenoxy) is 1. The Bertz CT molecular complexity index is 795. The second-order valence-electron chi connectivity index (χ2n) is 10.1. The van der Waals surface area contributed by atoms with Crippen molar-refractivity contribution in [2.75, 3.05) is 37.6 Å². The van der Waals surface area contributed by atoms with Crippen LogP contribution in [-0.4, -0.2) is 54.1 Å². The average Bonchev–Trinajstić information content (AvgIpc) is 2.59. The number of rotatable bonds is 10. The van der Waals surface area contributed by atoms with Gasteiger partial charge in [0.1, 0.15) is 5.60 Å². The summed E-state index contributed by atoms with van der Waals surface area (Å²) < 4.78 is 19.5. The Hall–Kier alpha value is -2.22. The molecule has 2 aliphatic heterocycles. The summed E-state index contributed by atoms with van der Waals surface area (Å²) >= 11 is 0. The predicted molar refractivity (Wildman–Crippen MR) is 118 cm³/mol. The summed E-state index contributed by atoms with van der Waals surface area (Å²) in [4.78, 5) is 26.3. The number of unbranched alkanes of at least 4 members (excludes halogenated alkanes) is 4.